The van der Waals surface area contributed by atoms with Crippen LogP contribution < -0.4 is 5.63 Å². The molecule has 0 unspecified atom stereocenters. The molecule has 2 heterocycles. The molecule has 5 rings (SSSR count). The molecule has 0 aliphatic rings. The Morgan fingerprint density at radius 2 is 1.83 bits per heavy atom. The Kier molecular flexibility index (Phi) is 4.74. The third-order valence-electron chi connectivity index (χ3n) is 4.72. The van der Waals surface area contributed by atoms with Crippen LogP contribution in [0.5, 0.6) is 0 Å². The first-order valence-corrected chi connectivity index (χ1v) is 10.9. The Morgan fingerprint density at radius 3 is 2.66 bits per heavy atom. The van der Waals surface area contributed by atoms with Crippen LogP contribution in [-0.4, -0.2) is 4.98 Å². The number of hydrogen-bond acceptors (Lipinski definition) is 4. The quantitative estimate of drug-likeness (QED) is 0.258. The molecule has 3 aromatic carbocycles. The summed E-state index contributed by atoms with van der Waals surface area (Å²) in [6.07, 6.45) is 0.684. The first kappa shape index (κ1) is 18.6. The Bertz CT molecular complexity index is 1410. The summed E-state index contributed by atoms with van der Waals surface area (Å²) in [6.45, 7) is 0. The average molecular weight is 483 g/mol. The number of fused-ring (bicyclic) bond motifs is 2. The minimum atomic E-state index is -0.392. The van der Waals surface area contributed by atoms with E-state index in [1.54, 1.807) is 0 Å². The number of hydrogen-bond donors (Lipinski definition) is 0. The lowest BCUT2D eigenvalue weighted by Crippen LogP contribution is -2.03. The predicted octanol–water partition coefficient (Wildman–Crippen LogP) is 7.08. The number of benzene rings is 3. The lowest BCUT2D eigenvalue weighted by molar-refractivity contribution is 0.561. The van der Waals surface area contributed by atoms with Crippen molar-refractivity contribution >= 4 is 60.1 Å². The van der Waals surface area contributed by atoms with E-state index in [0.29, 0.717) is 22.6 Å². The third kappa shape index (κ3) is 3.50. The standard InChI is InChI=1S/C23H13BrClNO2S/c24-17-11-13(9-14-5-1-2-6-18(14)25)10-15-12-16(23(27)28-21(15)17)22-26-19-7-3-4-8-20(19)29-22/h1-8,10-12H,9H2. The van der Waals surface area contributed by atoms with Gasteiger partial charge in [-0.25, -0.2) is 9.78 Å². The second-order valence-electron chi connectivity index (χ2n) is 6.70. The van der Waals surface area contributed by atoms with E-state index >= 15 is 0 Å². The summed E-state index contributed by atoms with van der Waals surface area (Å²) in [5, 5.41) is 2.24. The van der Waals surface area contributed by atoms with Crippen molar-refractivity contribution in [3.8, 4) is 10.6 Å². The molecule has 0 aliphatic carbocycles. The summed E-state index contributed by atoms with van der Waals surface area (Å²) >= 11 is 11.3. The van der Waals surface area contributed by atoms with Crippen molar-refractivity contribution in [2.24, 2.45) is 0 Å². The van der Waals surface area contributed by atoms with Gasteiger partial charge in [0.25, 0.3) is 0 Å². The molecule has 0 bridgehead atoms. The van der Waals surface area contributed by atoms with E-state index in [2.05, 4.69) is 20.9 Å². The number of aromatic nitrogens is 1. The van der Waals surface area contributed by atoms with E-state index in [0.717, 1.165) is 36.2 Å². The molecule has 0 saturated heterocycles. The molecule has 0 saturated carbocycles. The molecule has 0 amide bonds. The minimum Gasteiger partial charge on any atom is -0.421 e. The second kappa shape index (κ2) is 7.41. The second-order valence-corrected chi connectivity index (χ2v) is 8.99. The summed E-state index contributed by atoms with van der Waals surface area (Å²) < 4.78 is 7.42. The van der Waals surface area contributed by atoms with Crippen molar-refractivity contribution in [2.75, 3.05) is 0 Å². The van der Waals surface area contributed by atoms with Crippen LogP contribution in [0.2, 0.25) is 5.02 Å². The highest BCUT2D eigenvalue weighted by Crippen LogP contribution is 2.32. The fraction of sp³-hybridized carbons (Fsp3) is 0.0435. The highest BCUT2D eigenvalue weighted by atomic mass is 79.9. The molecule has 142 valence electrons. The molecule has 6 heteroatoms. The molecule has 2 aromatic heterocycles. The summed E-state index contributed by atoms with van der Waals surface area (Å²) in [5.74, 6) is 0. The van der Waals surface area contributed by atoms with Crippen LogP contribution >= 0.6 is 38.9 Å². The van der Waals surface area contributed by atoms with E-state index in [-0.39, 0.29) is 0 Å². The molecule has 5 aromatic rings. The molecule has 0 aliphatic heterocycles. The largest absolute Gasteiger partial charge is 0.421 e. The monoisotopic (exact) mass is 481 g/mol. The van der Waals surface area contributed by atoms with Crippen molar-refractivity contribution in [1.82, 2.24) is 4.98 Å². The number of thiazole rings is 1. The molecule has 3 nitrogen and oxygen atoms in total. The van der Waals surface area contributed by atoms with Crippen LogP contribution in [0.4, 0.5) is 0 Å². The molecular weight excluding hydrogens is 470 g/mol. The maximum atomic E-state index is 12.6. The van der Waals surface area contributed by atoms with E-state index in [4.69, 9.17) is 16.0 Å². The van der Waals surface area contributed by atoms with E-state index in [1.807, 2.05) is 66.7 Å². The Morgan fingerprint density at radius 1 is 1.03 bits per heavy atom. The predicted molar refractivity (Wildman–Crippen MR) is 123 cm³/mol. The lowest BCUT2D eigenvalue weighted by Gasteiger charge is -2.08. The van der Waals surface area contributed by atoms with Gasteiger partial charge in [0.05, 0.1) is 20.3 Å². The SMILES string of the molecule is O=c1oc2c(Br)cc(Cc3ccccc3Cl)cc2cc1-c1nc2ccccc2s1. The van der Waals surface area contributed by atoms with Crippen LogP contribution in [0.25, 0.3) is 31.8 Å². The highest BCUT2D eigenvalue weighted by molar-refractivity contribution is 9.10. The van der Waals surface area contributed by atoms with Gasteiger partial charge < -0.3 is 4.42 Å². The zero-order valence-electron chi connectivity index (χ0n) is 15.0. The van der Waals surface area contributed by atoms with Crippen molar-refractivity contribution in [3.05, 3.63) is 97.8 Å². The van der Waals surface area contributed by atoms with E-state index in [9.17, 15) is 4.79 Å². The molecule has 0 radical (unpaired) electrons. The Labute approximate surface area is 183 Å². The number of halogens is 2. The molecule has 29 heavy (non-hydrogen) atoms. The third-order valence-corrected chi connectivity index (χ3v) is 6.75. The van der Waals surface area contributed by atoms with Gasteiger partial charge in [0.1, 0.15) is 5.01 Å². The zero-order chi connectivity index (χ0) is 20.0. The van der Waals surface area contributed by atoms with E-state index in [1.165, 1.54) is 11.3 Å². The fourth-order valence-corrected chi connectivity index (χ4v) is 5.13. The molecule has 0 fully saturated rings. The molecular formula is C23H13BrClNO2S. The van der Waals surface area contributed by atoms with Gasteiger partial charge in [0, 0.05) is 10.4 Å². The van der Waals surface area contributed by atoms with Gasteiger partial charge in [-0.2, -0.15) is 0 Å². The van der Waals surface area contributed by atoms with Crippen LogP contribution in [0.3, 0.4) is 0 Å². The first-order chi connectivity index (χ1) is 14.1. The summed E-state index contributed by atoms with van der Waals surface area (Å²) in [7, 11) is 0. The topological polar surface area (TPSA) is 43.1 Å². The van der Waals surface area contributed by atoms with Gasteiger partial charge in [-0.05, 0) is 69.9 Å². The van der Waals surface area contributed by atoms with Crippen molar-refractivity contribution < 1.29 is 4.42 Å². The van der Waals surface area contributed by atoms with Crippen LogP contribution in [0.1, 0.15) is 11.1 Å². The van der Waals surface area contributed by atoms with Crippen LogP contribution in [0.15, 0.2) is 80.4 Å². The number of rotatable bonds is 3. The van der Waals surface area contributed by atoms with Crippen LogP contribution in [0, 0.1) is 0 Å². The van der Waals surface area contributed by atoms with Gasteiger partial charge >= 0.3 is 5.63 Å². The number of nitrogens with zero attached hydrogens (tertiary/aromatic N) is 1. The first-order valence-electron chi connectivity index (χ1n) is 8.94. The summed E-state index contributed by atoms with van der Waals surface area (Å²) in [4.78, 5) is 17.2. The summed E-state index contributed by atoms with van der Waals surface area (Å²) in [6, 6.07) is 21.5. The van der Waals surface area contributed by atoms with E-state index < -0.39 is 5.63 Å². The maximum absolute atomic E-state index is 12.6. The Hall–Kier alpha value is -2.47. The van der Waals surface area contributed by atoms with Crippen LogP contribution in [-0.2, 0) is 6.42 Å². The number of para-hydroxylation sites is 1. The van der Waals surface area contributed by atoms with Crippen molar-refractivity contribution in [1.29, 1.82) is 0 Å². The van der Waals surface area contributed by atoms with Gasteiger partial charge in [0.2, 0.25) is 0 Å². The fourth-order valence-electron chi connectivity index (χ4n) is 3.35. The zero-order valence-corrected chi connectivity index (χ0v) is 18.1. The van der Waals surface area contributed by atoms with Gasteiger partial charge in [-0.1, -0.05) is 41.9 Å². The van der Waals surface area contributed by atoms with Crippen molar-refractivity contribution in [3.63, 3.8) is 0 Å². The summed E-state index contributed by atoms with van der Waals surface area (Å²) in [5.41, 5.74) is 3.60. The smallest absolute Gasteiger partial charge is 0.346 e. The molecule has 0 N–H and O–H groups in total. The molecule has 0 spiro atoms. The van der Waals surface area contributed by atoms with Gasteiger partial charge in [-0.3, -0.25) is 0 Å². The maximum Gasteiger partial charge on any atom is 0.346 e. The van der Waals surface area contributed by atoms with Gasteiger partial charge in [-0.15, -0.1) is 11.3 Å². The molecule has 0 atom stereocenters. The lowest BCUT2D eigenvalue weighted by atomic mass is 10.0. The van der Waals surface area contributed by atoms with Crippen molar-refractivity contribution in [2.45, 2.75) is 6.42 Å². The normalized spacial score (nSPS) is 11.4. The van der Waals surface area contributed by atoms with Gasteiger partial charge in [0.15, 0.2) is 5.58 Å². The Balaban J connectivity index is 1.64. The average Bonchev–Trinajstić information content (AvgIpc) is 3.14. The minimum absolute atomic E-state index is 0.392. The highest BCUT2D eigenvalue weighted by Gasteiger charge is 2.15.